The Hall–Kier alpha value is 0. The van der Waals surface area contributed by atoms with Crippen LogP contribution >= 0.6 is 0 Å². The second-order valence-corrected chi connectivity index (χ2v) is 16.4. The normalized spacial score (nSPS) is 13.0. The largest absolute Gasteiger partial charge is 0.0654 e. The van der Waals surface area contributed by atoms with Gasteiger partial charge in [0.05, 0.1) is 0 Å². The van der Waals surface area contributed by atoms with Crippen molar-refractivity contribution < 1.29 is 0 Å². The molecule has 0 aliphatic rings. The van der Waals surface area contributed by atoms with Crippen molar-refractivity contribution in [1.82, 2.24) is 0 Å². The van der Waals surface area contributed by atoms with Crippen molar-refractivity contribution in [3.8, 4) is 0 Å². The van der Waals surface area contributed by atoms with Crippen LogP contribution in [0.2, 0.25) is 0 Å². The maximum atomic E-state index is 2.52. The Bertz CT molecular complexity index is 508. The van der Waals surface area contributed by atoms with Gasteiger partial charge in [-0.3, -0.25) is 0 Å². The Morgan fingerprint density at radius 1 is 0.196 bits per heavy atom. The van der Waals surface area contributed by atoms with Crippen LogP contribution in [0.5, 0.6) is 0 Å². The topological polar surface area (TPSA) is 0 Å². The number of unbranched alkanes of at least 4 members (excludes halogenated alkanes) is 33. The molecule has 278 valence electrons. The van der Waals surface area contributed by atoms with Crippen molar-refractivity contribution in [2.75, 3.05) is 0 Å². The van der Waals surface area contributed by atoms with Gasteiger partial charge in [0.15, 0.2) is 0 Å². The average molecular weight is 647 g/mol. The predicted molar refractivity (Wildman–Crippen MR) is 214 cm³/mol. The van der Waals surface area contributed by atoms with Gasteiger partial charge in [0.25, 0.3) is 0 Å². The fraction of sp³-hybridized carbons (Fsp3) is 1.00. The van der Waals surface area contributed by atoms with E-state index in [-0.39, 0.29) is 0 Å². The molecule has 0 rings (SSSR count). The first kappa shape index (κ1) is 46.0. The molecule has 0 N–H and O–H groups in total. The lowest BCUT2D eigenvalue weighted by atomic mass is 9.92. The van der Waals surface area contributed by atoms with Crippen LogP contribution < -0.4 is 0 Å². The van der Waals surface area contributed by atoms with Crippen LogP contribution in [-0.4, -0.2) is 0 Å². The molecule has 0 saturated carbocycles. The van der Waals surface area contributed by atoms with Gasteiger partial charge >= 0.3 is 0 Å². The Morgan fingerprint density at radius 3 is 0.543 bits per heavy atom. The first-order valence-electron chi connectivity index (χ1n) is 22.7. The van der Waals surface area contributed by atoms with Gasteiger partial charge < -0.3 is 0 Å². The molecule has 0 heteroatoms. The smallest absolute Gasteiger partial charge is 0.0443 e. The fourth-order valence-electron chi connectivity index (χ4n) is 7.72. The summed E-state index contributed by atoms with van der Waals surface area (Å²) < 4.78 is 0. The molecule has 0 aromatic rings. The Kier molecular flexibility index (Phi) is 41.2. The number of hydrogen-bond donors (Lipinski definition) is 0. The maximum Gasteiger partial charge on any atom is -0.0443 e. The lowest BCUT2D eigenvalue weighted by molar-refractivity contribution is 0.390. The molecule has 46 heavy (non-hydrogen) atoms. The Morgan fingerprint density at radius 2 is 0.348 bits per heavy atom. The van der Waals surface area contributed by atoms with E-state index in [1.807, 2.05) is 0 Å². The SMILES string of the molecule is CCCCCCCCCCCCCCCCCCCCCCCCCCCCCCC(C)CCCC(C)CCCCCCCCC. The van der Waals surface area contributed by atoms with Gasteiger partial charge in [-0.25, -0.2) is 0 Å². The monoisotopic (exact) mass is 647 g/mol. The minimum Gasteiger partial charge on any atom is -0.0654 e. The third kappa shape index (κ3) is 40.2. The van der Waals surface area contributed by atoms with Crippen molar-refractivity contribution in [3.63, 3.8) is 0 Å². The molecule has 2 atom stereocenters. The van der Waals surface area contributed by atoms with Crippen LogP contribution in [0, 0.1) is 11.8 Å². The van der Waals surface area contributed by atoms with Gasteiger partial charge in [-0.15, -0.1) is 0 Å². The lowest BCUT2D eigenvalue weighted by Gasteiger charge is -2.14. The first-order valence-corrected chi connectivity index (χ1v) is 22.7. The van der Waals surface area contributed by atoms with E-state index in [0.717, 1.165) is 11.8 Å². The van der Waals surface area contributed by atoms with Gasteiger partial charge in [0.2, 0.25) is 0 Å². The molecule has 2 unspecified atom stereocenters. The number of hydrogen-bond acceptors (Lipinski definition) is 0. The minimum atomic E-state index is 0.954. The van der Waals surface area contributed by atoms with Crippen molar-refractivity contribution >= 4 is 0 Å². The van der Waals surface area contributed by atoms with E-state index in [1.54, 1.807) is 0 Å². The predicted octanol–water partition coefficient (Wildman–Crippen LogP) is 17.9. The molecule has 0 spiro atoms. The molecule has 0 aliphatic heterocycles. The van der Waals surface area contributed by atoms with E-state index in [0.29, 0.717) is 0 Å². The van der Waals surface area contributed by atoms with Crippen molar-refractivity contribution in [2.45, 2.75) is 285 Å². The molecule has 0 nitrogen and oxygen atoms in total. The molecule has 0 bridgehead atoms. The van der Waals surface area contributed by atoms with Crippen molar-refractivity contribution in [1.29, 1.82) is 0 Å². The highest BCUT2D eigenvalue weighted by atomic mass is 14.1. The van der Waals surface area contributed by atoms with Gasteiger partial charge in [-0.2, -0.15) is 0 Å². The van der Waals surface area contributed by atoms with Gasteiger partial charge in [0.1, 0.15) is 0 Å². The molecule has 0 amide bonds. The summed E-state index contributed by atoms with van der Waals surface area (Å²) in [5.74, 6) is 1.91. The minimum absolute atomic E-state index is 0.954. The Balaban J connectivity index is 3.18. The van der Waals surface area contributed by atoms with E-state index >= 15 is 0 Å². The lowest BCUT2D eigenvalue weighted by Crippen LogP contribution is -1.99. The zero-order valence-electron chi connectivity index (χ0n) is 33.4. The Labute approximate surface area is 295 Å². The average Bonchev–Trinajstić information content (AvgIpc) is 3.05. The molecule has 0 radical (unpaired) electrons. The standard InChI is InChI=1S/C46H94/c1-5-7-9-11-13-14-15-16-17-18-19-20-21-22-23-24-25-26-27-28-29-30-31-32-33-35-37-39-42-46(4)44-40-43-45(3)41-38-36-34-12-10-8-6-2/h45-46H,5-44H2,1-4H3. The zero-order chi connectivity index (χ0) is 33.4. The molecule has 0 aromatic carbocycles. The van der Waals surface area contributed by atoms with E-state index in [2.05, 4.69) is 27.7 Å². The molecule has 0 aromatic heterocycles. The van der Waals surface area contributed by atoms with Crippen LogP contribution in [-0.2, 0) is 0 Å². The summed E-state index contributed by atoms with van der Waals surface area (Å²) in [6, 6.07) is 0. The maximum absolute atomic E-state index is 2.52. The zero-order valence-corrected chi connectivity index (χ0v) is 33.4. The van der Waals surface area contributed by atoms with Crippen LogP contribution in [0.4, 0.5) is 0 Å². The first-order chi connectivity index (χ1) is 22.7. The van der Waals surface area contributed by atoms with E-state index in [4.69, 9.17) is 0 Å². The molecular formula is C46H94. The van der Waals surface area contributed by atoms with Crippen LogP contribution in [0.3, 0.4) is 0 Å². The molecule has 0 fully saturated rings. The number of rotatable bonds is 41. The molecule has 0 aliphatic carbocycles. The fourth-order valence-corrected chi connectivity index (χ4v) is 7.72. The van der Waals surface area contributed by atoms with Gasteiger partial charge in [-0.1, -0.05) is 285 Å². The van der Waals surface area contributed by atoms with Gasteiger partial charge in [-0.05, 0) is 11.8 Å². The second kappa shape index (κ2) is 41.2. The third-order valence-corrected chi connectivity index (χ3v) is 11.2. The summed E-state index contributed by atoms with van der Waals surface area (Å²) in [6.45, 7) is 9.65. The summed E-state index contributed by atoms with van der Waals surface area (Å²) in [4.78, 5) is 0. The highest BCUT2D eigenvalue weighted by molar-refractivity contribution is 4.60. The second-order valence-electron chi connectivity index (χ2n) is 16.4. The van der Waals surface area contributed by atoms with E-state index < -0.39 is 0 Å². The molecular weight excluding hydrogens is 553 g/mol. The quantitative estimate of drug-likeness (QED) is 0.0580. The summed E-state index contributed by atoms with van der Waals surface area (Å²) in [6.07, 6.45) is 59.1. The van der Waals surface area contributed by atoms with E-state index in [1.165, 1.54) is 257 Å². The third-order valence-electron chi connectivity index (χ3n) is 11.2. The van der Waals surface area contributed by atoms with Crippen molar-refractivity contribution in [3.05, 3.63) is 0 Å². The summed E-state index contributed by atoms with van der Waals surface area (Å²) in [7, 11) is 0. The molecule has 0 heterocycles. The highest BCUT2D eigenvalue weighted by Crippen LogP contribution is 2.22. The summed E-state index contributed by atoms with van der Waals surface area (Å²) in [5.41, 5.74) is 0. The van der Waals surface area contributed by atoms with Crippen molar-refractivity contribution in [2.24, 2.45) is 11.8 Å². The summed E-state index contributed by atoms with van der Waals surface area (Å²) in [5, 5.41) is 0. The van der Waals surface area contributed by atoms with Crippen LogP contribution in [0.25, 0.3) is 0 Å². The highest BCUT2D eigenvalue weighted by Gasteiger charge is 2.06. The van der Waals surface area contributed by atoms with Crippen LogP contribution in [0.15, 0.2) is 0 Å². The van der Waals surface area contributed by atoms with E-state index in [9.17, 15) is 0 Å². The molecule has 0 saturated heterocycles. The van der Waals surface area contributed by atoms with Crippen LogP contribution in [0.1, 0.15) is 285 Å². The van der Waals surface area contributed by atoms with Gasteiger partial charge in [0, 0.05) is 0 Å². The summed E-state index contributed by atoms with van der Waals surface area (Å²) >= 11 is 0.